The summed E-state index contributed by atoms with van der Waals surface area (Å²) in [7, 11) is 5.97. The number of aliphatic carboxylic acids is 1. The fourth-order valence-corrected chi connectivity index (χ4v) is 9.13. The third-order valence-corrected chi connectivity index (χ3v) is 14.2. The van der Waals surface area contributed by atoms with E-state index in [9.17, 15) is 19.5 Å². The highest BCUT2D eigenvalue weighted by atomic mass is 16.7. The summed E-state index contributed by atoms with van der Waals surface area (Å²) in [5.74, 6) is -2.02. The van der Waals surface area contributed by atoms with Crippen LogP contribution in [0.2, 0.25) is 0 Å². The summed E-state index contributed by atoms with van der Waals surface area (Å²) in [6, 6.07) is 0. The number of carbonyl (C=O) groups is 3. The van der Waals surface area contributed by atoms with Crippen molar-refractivity contribution < 1.29 is 42.9 Å². The fourth-order valence-electron chi connectivity index (χ4n) is 9.13. The van der Waals surface area contributed by atoms with Gasteiger partial charge in [0, 0.05) is 12.8 Å². The number of allylic oxidation sites excluding steroid dienone is 20. The largest absolute Gasteiger partial charge is 0.477 e. The lowest BCUT2D eigenvalue weighted by atomic mass is 10.0. The number of nitrogens with zero attached hydrogens (tertiary/aromatic N) is 1. The van der Waals surface area contributed by atoms with Crippen LogP contribution in [0.1, 0.15) is 271 Å². The Morgan fingerprint density at radius 2 is 0.651 bits per heavy atom. The zero-order chi connectivity index (χ0) is 60.5. The lowest BCUT2D eigenvalue weighted by Crippen LogP contribution is -2.40. The Bertz CT molecular complexity index is 1780. The van der Waals surface area contributed by atoms with E-state index in [1.807, 2.05) is 21.1 Å². The first-order valence-corrected chi connectivity index (χ1v) is 33.7. The van der Waals surface area contributed by atoms with Gasteiger partial charge in [0.25, 0.3) is 6.29 Å². The Kier molecular flexibility index (Phi) is 60.4. The van der Waals surface area contributed by atoms with Crippen molar-refractivity contribution in [3.63, 3.8) is 0 Å². The second-order valence-corrected chi connectivity index (χ2v) is 23.4. The van der Waals surface area contributed by atoms with Gasteiger partial charge in [-0.1, -0.05) is 277 Å². The van der Waals surface area contributed by atoms with E-state index in [2.05, 4.69) is 135 Å². The van der Waals surface area contributed by atoms with Gasteiger partial charge >= 0.3 is 17.9 Å². The van der Waals surface area contributed by atoms with Gasteiger partial charge in [0.05, 0.1) is 34.4 Å². The van der Waals surface area contributed by atoms with E-state index in [0.29, 0.717) is 11.0 Å². The number of hydrogen-bond donors (Lipinski definition) is 1. The van der Waals surface area contributed by atoms with E-state index in [4.69, 9.17) is 18.9 Å². The average Bonchev–Trinajstić information content (AvgIpc) is 3.46. The van der Waals surface area contributed by atoms with Crippen molar-refractivity contribution in [2.45, 2.75) is 283 Å². The van der Waals surface area contributed by atoms with Gasteiger partial charge in [-0.2, -0.15) is 0 Å². The highest BCUT2D eigenvalue weighted by molar-refractivity contribution is 5.71. The lowest BCUT2D eigenvalue weighted by Gasteiger charge is -2.25. The number of hydrogen-bond acceptors (Lipinski definition) is 7. The zero-order valence-electron chi connectivity index (χ0n) is 54.1. The van der Waals surface area contributed by atoms with Crippen molar-refractivity contribution in [1.82, 2.24) is 0 Å². The molecule has 0 amide bonds. The van der Waals surface area contributed by atoms with E-state index < -0.39 is 24.3 Å². The molecule has 0 bridgehead atoms. The zero-order valence-corrected chi connectivity index (χ0v) is 54.1. The molecule has 0 aliphatic rings. The van der Waals surface area contributed by atoms with Gasteiger partial charge in [-0.3, -0.25) is 9.59 Å². The minimum absolute atomic E-state index is 0.181. The summed E-state index contributed by atoms with van der Waals surface area (Å²) in [6.45, 7) is 4.64. The maximum absolute atomic E-state index is 12.9. The smallest absolute Gasteiger partial charge is 0.361 e. The Balaban J connectivity index is 4.06. The second kappa shape index (κ2) is 63.7. The normalized spacial score (nSPS) is 13.5. The Labute approximate surface area is 510 Å². The number of carbonyl (C=O) groups excluding carboxylic acids is 2. The molecule has 0 rings (SSSR count). The quantitative estimate of drug-likeness (QED) is 0.0211. The van der Waals surface area contributed by atoms with Gasteiger partial charge in [0.1, 0.15) is 13.2 Å². The van der Waals surface area contributed by atoms with E-state index >= 15 is 0 Å². The van der Waals surface area contributed by atoms with Crippen LogP contribution in [0.5, 0.6) is 0 Å². The number of carboxylic acid groups (broad SMARTS) is 1. The van der Waals surface area contributed by atoms with E-state index in [1.165, 1.54) is 128 Å². The average molecular weight is 1160 g/mol. The van der Waals surface area contributed by atoms with Gasteiger partial charge in [-0.05, 0) is 103 Å². The SMILES string of the molecule is CC/C=C\C/C=C\C/C=C\C/C=C\C/C=C\C/C=C\CCCCCCCCCCCCCCCCCCCCCCC(=O)OC(COC(=O)CCCCCCCC/C=C\C/C=C\C/C=C\C/C=C\CC)COC(OCC[N+](C)(C)C)C(=O)O. The molecule has 0 spiro atoms. The Morgan fingerprint density at radius 3 is 0.964 bits per heavy atom. The van der Waals surface area contributed by atoms with Gasteiger partial charge in [-0.25, -0.2) is 4.79 Å². The topological polar surface area (TPSA) is 108 Å². The summed E-state index contributed by atoms with van der Waals surface area (Å²) >= 11 is 0. The summed E-state index contributed by atoms with van der Waals surface area (Å²) in [5, 5.41) is 9.73. The molecule has 83 heavy (non-hydrogen) atoms. The third kappa shape index (κ3) is 65.1. The summed E-state index contributed by atoms with van der Waals surface area (Å²) in [6.07, 6.45) is 87.4. The highest BCUT2D eigenvalue weighted by Gasteiger charge is 2.25. The van der Waals surface area contributed by atoms with E-state index in [-0.39, 0.29) is 38.6 Å². The summed E-state index contributed by atoms with van der Waals surface area (Å²) in [5.41, 5.74) is 0. The van der Waals surface area contributed by atoms with Crippen LogP contribution in [-0.4, -0.2) is 87.4 Å². The highest BCUT2D eigenvalue weighted by Crippen LogP contribution is 2.17. The molecule has 474 valence electrons. The predicted molar refractivity (Wildman–Crippen MR) is 354 cm³/mol. The minimum atomic E-state index is -1.52. The van der Waals surface area contributed by atoms with Crippen molar-refractivity contribution in [1.29, 1.82) is 0 Å². The number of unbranched alkanes of at least 4 members (excludes halogenated alkanes) is 26. The van der Waals surface area contributed by atoms with Crippen LogP contribution in [0.15, 0.2) is 122 Å². The number of ether oxygens (including phenoxy) is 4. The van der Waals surface area contributed by atoms with Crippen molar-refractivity contribution in [2.24, 2.45) is 0 Å². The van der Waals surface area contributed by atoms with Gasteiger partial charge < -0.3 is 28.5 Å². The molecule has 0 saturated heterocycles. The standard InChI is InChI=1S/C74H125NO8/c1-6-8-10-12-14-16-18-20-22-24-26-27-28-29-30-31-32-33-34-35-36-37-38-39-40-41-42-43-44-45-47-49-51-53-55-57-59-61-63-65-72(77)83-70(69-82-74(73(78)79)80-67-66-75(3,4)5)68-81-71(76)64-62-60-58-56-54-52-50-48-46-25-23-21-19-17-15-13-11-9-7-2/h8-11,14-17,20-23,26-27,29-30,32-33,46,48,70,74H,6-7,12-13,18-19,24-25,28,31,34-45,47,49-69H2,1-5H3/p+1/b10-8-,11-9-,16-14-,17-15-,22-20-,23-21-,27-26-,30-29-,33-32-,48-46-. The van der Waals surface area contributed by atoms with Crippen molar-refractivity contribution in [3.05, 3.63) is 122 Å². The van der Waals surface area contributed by atoms with Crippen LogP contribution in [0.4, 0.5) is 0 Å². The van der Waals surface area contributed by atoms with Gasteiger partial charge in [-0.15, -0.1) is 0 Å². The van der Waals surface area contributed by atoms with Crippen LogP contribution in [0, 0.1) is 0 Å². The molecule has 9 nitrogen and oxygen atoms in total. The molecule has 9 heteroatoms. The molecule has 0 aromatic rings. The molecule has 0 fully saturated rings. The fraction of sp³-hybridized carbons (Fsp3) is 0.689. The lowest BCUT2D eigenvalue weighted by molar-refractivity contribution is -0.870. The van der Waals surface area contributed by atoms with Crippen molar-refractivity contribution in [2.75, 3.05) is 47.5 Å². The van der Waals surface area contributed by atoms with Crippen molar-refractivity contribution >= 4 is 17.9 Å². The Morgan fingerprint density at radius 1 is 0.361 bits per heavy atom. The molecule has 0 saturated carbocycles. The summed E-state index contributed by atoms with van der Waals surface area (Å²) in [4.78, 5) is 37.5. The van der Waals surface area contributed by atoms with Crippen LogP contribution >= 0.6 is 0 Å². The monoisotopic (exact) mass is 1160 g/mol. The predicted octanol–water partition coefficient (Wildman–Crippen LogP) is 20.8. The van der Waals surface area contributed by atoms with Gasteiger partial charge in [0.15, 0.2) is 6.10 Å². The molecule has 2 atom stereocenters. The van der Waals surface area contributed by atoms with E-state index in [0.717, 1.165) is 116 Å². The van der Waals surface area contributed by atoms with E-state index in [1.54, 1.807) is 0 Å². The van der Waals surface area contributed by atoms with Crippen LogP contribution < -0.4 is 0 Å². The van der Waals surface area contributed by atoms with Crippen LogP contribution in [0.25, 0.3) is 0 Å². The van der Waals surface area contributed by atoms with Gasteiger partial charge in [0.2, 0.25) is 0 Å². The molecular weight excluding hydrogens is 1030 g/mol. The molecular formula is C74H126NO8+. The first-order valence-electron chi connectivity index (χ1n) is 33.7. The maximum Gasteiger partial charge on any atom is 0.361 e. The number of quaternary nitrogens is 1. The molecule has 0 heterocycles. The van der Waals surface area contributed by atoms with Crippen molar-refractivity contribution in [3.8, 4) is 0 Å². The summed E-state index contributed by atoms with van der Waals surface area (Å²) < 4.78 is 22.9. The maximum atomic E-state index is 12.9. The molecule has 2 unspecified atom stereocenters. The number of carboxylic acids is 1. The molecule has 0 aromatic carbocycles. The molecule has 1 N–H and O–H groups in total. The molecule has 0 aromatic heterocycles. The number of likely N-dealkylation sites (N-methyl/N-ethyl adjacent to an activating group) is 1. The number of esters is 2. The van der Waals surface area contributed by atoms with Crippen LogP contribution in [-0.2, 0) is 33.3 Å². The van der Waals surface area contributed by atoms with Crippen LogP contribution in [0.3, 0.4) is 0 Å². The Hall–Kier alpha value is -4.31. The first-order chi connectivity index (χ1) is 40.6. The third-order valence-electron chi connectivity index (χ3n) is 14.2. The molecule has 0 aliphatic heterocycles. The first kappa shape index (κ1) is 78.7. The molecule has 0 radical (unpaired) electrons. The second-order valence-electron chi connectivity index (χ2n) is 23.4. The minimum Gasteiger partial charge on any atom is -0.477 e. The molecule has 0 aliphatic carbocycles. The number of rotatable bonds is 61.